The first kappa shape index (κ1) is 12.8. The summed E-state index contributed by atoms with van der Waals surface area (Å²) in [5.41, 5.74) is 8.03. The quantitative estimate of drug-likeness (QED) is 0.630. The van der Waals surface area contributed by atoms with Crippen molar-refractivity contribution in [2.75, 3.05) is 0 Å². The molecule has 0 aromatic heterocycles. The molecule has 0 saturated carbocycles. The lowest BCUT2D eigenvalue weighted by molar-refractivity contribution is 0.923. The molecule has 2 heteroatoms. The number of allylic oxidation sites excluding steroid dienone is 4. The molecule has 0 amide bonds. The van der Waals surface area contributed by atoms with Gasteiger partial charge in [-0.15, -0.1) is 0 Å². The molecule has 2 N–H and O–H groups in total. The third kappa shape index (κ3) is 3.66. The largest absolute Gasteiger partial charge is 0.399 e. The van der Waals surface area contributed by atoms with Gasteiger partial charge in [0.25, 0.3) is 0 Å². The fraction of sp³-hybridized carbons (Fsp3) is 0.133. The summed E-state index contributed by atoms with van der Waals surface area (Å²) < 4.78 is 0. The highest BCUT2D eigenvalue weighted by atomic mass is 14.6. The van der Waals surface area contributed by atoms with E-state index in [1.54, 1.807) is 18.2 Å². The van der Waals surface area contributed by atoms with E-state index in [0.717, 1.165) is 5.56 Å². The Hall–Kier alpha value is -2.27. The fourth-order valence-electron chi connectivity index (χ4n) is 1.54. The van der Waals surface area contributed by atoms with Gasteiger partial charge in [0.1, 0.15) is 0 Å². The zero-order valence-corrected chi connectivity index (χ0v) is 9.93. The van der Waals surface area contributed by atoms with Gasteiger partial charge in [0.2, 0.25) is 0 Å². The topological polar surface area (TPSA) is 49.8 Å². The number of benzene rings is 1. The maximum absolute atomic E-state index is 9.15. The van der Waals surface area contributed by atoms with Crippen molar-refractivity contribution in [3.8, 4) is 6.07 Å². The Morgan fingerprint density at radius 1 is 1.41 bits per heavy atom. The van der Waals surface area contributed by atoms with Gasteiger partial charge in [0.05, 0.1) is 6.07 Å². The highest BCUT2D eigenvalue weighted by molar-refractivity contribution is 5.40. The van der Waals surface area contributed by atoms with E-state index in [9.17, 15) is 0 Å². The van der Waals surface area contributed by atoms with Crippen LogP contribution >= 0.6 is 0 Å². The number of nitrogens with two attached hydrogens (primary N) is 1. The first-order chi connectivity index (χ1) is 8.19. The van der Waals surface area contributed by atoms with Gasteiger partial charge in [-0.25, -0.2) is 0 Å². The summed E-state index contributed by atoms with van der Waals surface area (Å²) in [5.74, 6) is 0.0398. The molecule has 0 aliphatic heterocycles. The van der Waals surface area contributed by atoms with Gasteiger partial charge >= 0.3 is 0 Å². The summed E-state index contributed by atoms with van der Waals surface area (Å²) in [6.45, 7) is 5.56. The summed E-state index contributed by atoms with van der Waals surface area (Å²) >= 11 is 0. The molecular formula is C15H16N2. The molecule has 2 nitrogen and oxygen atoms in total. The van der Waals surface area contributed by atoms with Crippen molar-refractivity contribution in [2.24, 2.45) is 5.73 Å². The van der Waals surface area contributed by atoms with Crippen molar-refractivity contribution in [1.82, 2.24) is 0 Å². The molecule has 1 aromatic rings. The van der Waals surface area contributed by atoms with E-state index in [1.165, 1.54) is 0 Å². The zero-order valence-electron chi connectivity index (χ0n) is 9.93. The molecular weight excluding hydrogens is 208 g/mol. The van der Waals surface area contributed by atoms with Gasteiger partial charge < -0.3 is 5.73 Å². The van der Waals surface area contributed by atoms with Crippen LogP contribution in [0.1, 0.15) is 18.4 Å². The van der Waals surface area contributed by atoms with Crippen molar-refractivity contribution >= 4 is 0 Å². The molecule has 0 heterocycles. The van der Waals surface area contributed by atoms with E-state index >= 15 is 0 Å². The normalized spacial score (nSPS) is 13.9. The van der Waals surface area contributed by atoms with Gasteiger partial charge in [0, 0.05) is 17.2 Å². The number of nitrogens with zero attached hydrogens (tertiary/aromatic N) is 1. The van der Waals surface area contributed by atoms with E-state index in [4.69, 9.17) is 11.0 Å². The standard InChI is InChI=1S/C15H16N2/c1-3-7-15(17)10-14(11-16)12(2)13-8-5-4-6-9-13/h3-10,12H,1,17H2,2H3/b14-10-,15-7+. The van der Waals surface area contributed by atoms with Gasteiger partial charge in [-0.2, -0.15) is 5.26 Å². The molecule has 0 aliphatic rings. The highest BCUT2D eigenvalue weighted by Crippen LogP contribution is 2.23. The molecule has 86 valence electrons. The van der Waals surface area contributed by atoms with Crippen LogP contribution in [0.15, 0.2) is 66.4 Å². The van der Waals surface area contributed by atoms with Crippen LogP contribution < -0.4 is 5.73 Å². The minimum atomic E-state index is 0.0398. The molecule has 0 bridgehead atoms. The highest BCUT2D eigenvalue weighted by Gasteiger charge is 2.10. The lowest BCUT2D eigenvalue weighted by atomic mass is 9.93. The van der Waals surface area contributed by atoms with Gasteiger partial charge in [0.15, 0.2) is 0 Å². The fourth-order valence-corrected chi connectivity index (χ4v) is 1.54. The Balaban J connectivity index is 3.01. The van der Waals surface area contributed by atoms with Crippen molar-refractivity contribution in [1.29, 1.82) is 5.26 Å². The predicted octanol–water partition coefficient (Wildman–Crippen LogP) is 3.27. The zero-order chi connectivity index (χ0) is 12.7. The summed E-state index contributed by atoms with van der Waals surface area (Å²) in [4.78, 5) is 0. The van der Waals surface area contributed by atoms with E-state index in [2.05, 4.69) is 12.6 Å². The second-order valence-corrected chi connectivity index (χ2v) is 3.75. The van der Waals surface area contributed by atoms with Crippen LogP contribution in [-0.4, -0.2) is 0 Å². The molecule has 0 saturated heterocycles. The van der Waals surface area contributed by atoms with E-state index in [-0.39, 0.29) is 5.92 Å². The van der Waals surface area contributed by atoms with E-state index in [1.807, 2.05) is 37.3 Å². The molecule has 1 atom stereocenters. The summed E-state index contributed by atoms with van der Waals surface area (Å²) in [5, 5.41) is 9.15. The van der Waals surface area contributed by atoms with Crippen LogP contribution in [0.2, 0.25) is 0 Å². The van der Waals surface area contributed by atoms with Gasteiger partial charge in [-0.1, -0.05) is 49.9 Å². The van der Waals surface area contributed by atoms with Crippen molar-refractivity contribution in [3.63, 3.8) is 0 Å². The van der Waals surface area contributed by atoms with Crippen molar-refractivity contribution in [2.45, 2.75) is 12.8 Å². The average Bonchev–Trinajstić information content (AvgIpc) is 2.36. The monoisotopic (exact) mass is 224 g/mol. The number of rotatable bonds is 4. The predicted molar refractivity (Wildman–Crippen MR) is 71.0 cm³/mol. The molecule has 0 spiro atoms. The second kappa shape index (κ2) is 6.34. The minimum Gasteiger partial charge on any atom is -0.399 e. The Morgan fingerprint density at radius 2 is 2.06 bits per heavy atom. The average molecular weight is 224 g/mol. The van der Waals surface area contributed by atoms with Gasteiger partial charge in [-0.3, -0.25) is 0 Å². The van der Waals surface area contributed by atoms with Crippen LogP contribution in [0.5, 0.6) is 0 Å². The Labute approximate surface area is 102 Å². The molecule has 1 rings (SSSR count). The van der Waals surface area contributed by atoms with Crippen LogP contribution in [0.3, 0.4) is 0 Å². The second-order valence-electron chi connectivity index (χ2n) is 3.75. The lowest BCUT2D eigenvalue weighted by Crippen LogP contribution is -2.00. The van der Waals surface area contributed by atoms with E-state index < -0.39 is 0 Å². The molecule has 0 aliphatic carbocycles. The molecule has 0 fully saturated rings. The van der Waals surface area contributed by atoms with Crippen LogP contribution in [0, 0.1) is 11.3 Å². The number of hydrogen-bond donors (Lipinski definition) is 1. The van der Waals surface area contributed by atoms with E-state index in [0.29, 0.717) is 11.3 Å². The maximum atomic E-state index is 9.15. The first-order valence-electron chi connectivity index (χ1n) is 5.44. The Kier molecular flexibility index (Phi) is 4.77. The maximum Gasteiger partial charge on any atom is 0.0954 e. The third-order valence-corrected chi connectivity index (χ3v) is 2.53. The molecule has 17 heavy (non-hydrogen) atoms. The Bertz CT molecular complexity index is 475. The molecule has 1 unspecified atom stereocenters. The summed E-state index contributed by atoms with van der Waals surface area (Å²) in [7, 11) is 0. The third-order valence-electron chi connectivity index (χ3n) is 2.53. The summed E-state index contributed by atoms with van der Waals surface area (Å²) in [6, 6.07) is 12.1. The van der Waals surface area contributed by atoms with Crippen molar-refractivity contribution in [3.05, 3.63) is 72.0 Å². The van der Waals surface area contributed by atoms with Crippen LogP contribution in [0.25, 0.3) is 0 Å². The van der Waals surface area contributed by atoms with Crippen LogP contribution in [-0.2, 0) is 0 Å². The Morgan fingerprint density at radius 3 is 2.59 bits per heavy atom. The minimum absolute atomic E-state index is 0.0398. The number of nitriles is 1. The molecule has 1 aromatic carbocycles. The smallest absolute Gasteiger partial charge is 0.0954 e. The van der Waals surface area contributed by atoms with Crippen LogP contribution in [0.4, 0.5) is 0 Å². The first-order valence-corrected chi connectivity index (χ1v) is 5.44. The SMILES string of the molecule is C=C/C=C(N)\C=C(\C#N)C(C)c1ccccc1. The molecule has 0 radical (unpaired) electrons. The summed E-state index contributed by atoms with van der Waals surface area (Å²) in [6.07, 6.45) is 4.97. The number of hydrogen-bond acceptors (Lipinski definition) is 2. The lowest BCUT2D eigenvalue weighted by Gasteiger charge is -2.10. The van der Waals surface area contributed by atoms with Crippen molar-refractivity contribution < 1.29 is 0 Å². The van der Waals surface area contributed by atoms with Gasteiger partial charge in [-0.05, 0) is 17.7 Å².